The summed E-state index contributed by atoms with van der Waals surface area (Å²) in [6.07, 6.45) is 0.815. The maximum absolute atomic E-state index is 14.0. The summed E-state index contributed by atoms with van der Waals surface area (Å²) in [5.74, 6) is -8.56. The lowest BCUT2D eigenvalue weighted by Crippen LogP contribution is -2.60. The first-order valence-electron chi connectivity index (χ1n) is 17.5. The summed E-state index contributed by atoms with van der Waals surface area (Å²) in [6.45, 7) is 1.21. The van der Waals surface area contributed by atoms with Crippen LogP contribution in [0, 0.1) is 0 Å². The Labute approximate surface area is 320 Å². The Morgan fingerprint density at radius 1 is 0.714 bits per heavy atom. The Hall–Kier alpha value is -6.58. The van der Waals surface area contributed by atoms with Gasteiger partial charge in [-0.1, -0.05) is 30.3 Å². The second kappa shape index (κ2) is 23.3. The van der Waals surface area contributed by atoms with E-state index in [1.54, 1.807) is 30.3 Å². The number of carboxylic acids is 3. The van der Waals surface area contributed by atoms with Gasteiger partial charge in [0.25, 0.3) is 0 Å². The van der Waals surface area contributed by atoms with Crippen LogP contribution >= 0.6 is 0 Å². The average Bonchev–Trinajstić information content (AvgIpc) is 3.66. The first kappa shape index (κ1) is 45.6. The van der Waals surface area contributed by atoms with Gasteiger partial charge in [0.05, 0.1) is 12.4 Å². The number of nitrogens with zero attached hydrogens (tertiary/aromatic N) is 2. The Balaban J connectivity index is 2.42. The first-order valence-corrected chi connectivity index (χ1v) is 17.5. The number of rotatable bonds is 25. The molecule has 56 heavy (non-hydrogen) atoms. The van der Waals surface area contributed by atoms with Gasteiger partial charge in [-0.15, -0.1) is 0 Å². The number of carboxylic acid groups (broad SMARTS) is 3. The topological polar surface area (TPSA) is 376 Å². The third kappa shape index (κ3) is 17.0. The molecule has 0 radical (unpaired) electrons. The number of hydrogen-bond acceptors (Lipinski definition) is 11. The van der Waals surface area contributed by atoms with E-state index in [0.717, 1.165) is 0 Å². The molecule has 306 valence electrons. The van der Waals surface area contributed by atoms with E-state index in [4.69, 9.17) is 22.3 Å². The van der Waals surface area contributed by atoms with Crippen LogP contribution < -0.4 is 43.8 Å². The Kier molecular flexibility index (Phi) is 18.9. The smallest absolute Gasteiger partial charge is 0.325 e. The van der Waals surface area contributed by atoms with Crippen molar-refractivity contribution in [3.8, 4) is 0 Å². The molecule has 1 heterocycles. The van der Waals surface area contributed by atoms with Crippen LogP contribution in [0.4, 0.5) is 0 Å². The van der Waals surface area contributed by atoms with Crippen LogP contribution in [-0.2, 0) is 51.2 Å². The van der Waals surface area contributed by atoms with Crippen molar-refractivity contribution in [1.82, 2.24) is 36.6 Å². The molecule has 2 aromatic rings. The van der Waals surface area contributed by atoms with E-state index in [1.807, 2.05) is 0 Å². The number of aromatic amines is 1. The second-order valence-corrected chi connectivity index (χ2v) is 12.7. The summed E-state index contributed by atoms with van der Waals surface area (Å²) in [5.41, 5.74) is 17.7. The average molecular weight is 788 g/mol. The van der Waals surface area contributed by atoms with Crippen molar-refractivity contribution in [2.45, 2.75) is 94.5 Å². The van der Waals surface area contributed by atoms with Gasteiger partial charge in [-0.3, -0.25) is 43.3 Å². The molecule has 0 fully saturated rings. The number of nitrogens with one attached hydrogen (secondary N) is 6. The molecule has 0 saturated heterocycles. The molecule has 22 nitrogen and oxygen atoms in total. The number of aliphatic imine (C=N–C) groups is 1. The van der Waals surface area contributed by atoms with Crippen LogP contribution in [0.25, 0.3) is 0 Å². The van der Waals surface area contributed by atoms with Gasteiger partial charge in [0.2, 0.25) is 29.5 Å². The predicted octanol–water partition coefficient (Wildman–Crippen LogP) is -3.17. The fraction of sp³-hybridized carbons (Fsp3) is 0.471. The lowest BCUT2D eigenvalue weighted by molar-refractivity contribution is -0.142. The number of hydrogen-bond donors (Lipinski definition) is 12. The summed E-state index contributed by atoms with van der Waals surface area (Å²) >= 11 is 0. The van der Waals surface area contributed by atoms with Gasteiger partial charge in [-0.2, -0.15) is 0 Å². The molecule has 0 aliphatic heterocycles. The molecule has 0 saturated carbocycles. The number of aromatic nitrogens is 2. The minimum Gasteiger partial charge on any atom is -0.481 e. The largest absolute Gasteiger partial charge is 0.481 e. The monoisotopic (exact) mass is 787 g/mol. The molecule has 0 aliphatic rings. The molecule has 15 N–H and O–H groups in total. The van der Waals surface area contributed by atoms with Gasteiger partial charge < -0.3 is 64.1 Å². The summed E-state index contributed by atoms with van der Waals surface area (Å²) in [5, 5.41) is 39.7. The Bertz CT molecular complexity index is 1690. The van der Waals surface area contributed by atoms with E-state index in [1.165, 1.54) is 19.4 Å². The van der Waals surface area contributed by atoms with Gasteiger partial charge in [0, 0.05) is 44.1 Å². The highest BCUT2D eigenvalue weighted by Gasteiger charge is 2.33. The molecule has 1 aromatic heterocycles. The number of carbonyl (C=O) groups is 8. The van der Waals surface area contributed by atoms with E-state index in [-0.39, 0.29) is 44.6 Å². The van der Waals surface area contributed by atoms with E-state index < -0.39 is 103 Å². The highest BCUT2D eigenvalue weighted by atomic mass is 16.4. The quantitative estimate of drug-likeness (QED) is 0.0268. The Morgan fingerprint density at radius 3 is 1.79 bits per heavy atom. The van der Waals surface area contributed by atoms with Crippen LogP contribution in [0.1, 0.15) is 56.7 Å². The lowest BCUT2D eigenvalue weighted by Gasteiger charge is -2.27. The third-order valence-electron chi connectivity index (χ3n) is 8.12. The fourth-order valence-electron chi connectivity index (χ4n) is 5.08. The molecule has 22 heteroatoms. The van der Waals surface area contributed by atoms with Crippen molar-refractivity contribution in [2.75, 3.05) is 6.54 Å². The van der Waals surface area contributed by atoms with Crippen LogP contribution in [0.5, 0.6) is 0 Å². The molecule has 1 aromatic carbocycles. The van der Waals surface area contributed by atoms with Crippen molar-refractivity contribution in [2.24, 2.45) is 22.2 Å². The van der Waals surface area contributed by atoms with Gasteiger partial charge in [-0.05, 0) is 38.2 Å². The lowest BCUT2D eigenvalue weighted by atomic mass is 10.0. The molecule has 2 rings (SSSR count). The molecular weight excluding hydrogens is 738 g/mol. The number of benzene rings is 1. The van der Waals surface area contributed by atoms with Crippen molar-refractivity contribution >= 4 is 53.4 Å². The molecule has 0 bridgehead atoms. The minimum absolute atomic E-state index is 0.0395. The highest BCUT2D eigenvalue weighted by Crippen LogP contribution is 2.09. The van der Waals surface area contributed by atoms with Crippen LogP contribution in [0.2, 0.25) is 0 Å². The van der Waals surface area contributed by atoms with Gasteiger partial charge >= 0.3 is 17.9 Å². The van der Waals surface area contributed by atoms with Gasteiger partial charge in [-0.25, -0.2) is 4.98 Å². The number of imidazole rings is 1. The number of H-pyrrole nitrogens is 1. The number of nitrogens with two attached hydrogens (primary N) is 3. The molecule has 6 atom stereocenters. The Morgan fingerprint density at radius 2 is 1.23 bits per heavy atom. The van der Waals surface area contributed by atoms with Crippen LogP contribution in [0.3, 0.4) is 0 Å². The summed E-state index contributed by atoms with van der Waals surface area (Å²) in [7, 11) is 0. The van der Waals surface area contributed by atoms with E-state index in [2.05, 4.69) is 41.5 Å². The van der Waals surface area contributed by atoms with E-state index >= 15 is 0 Å². The van der Waals surface area contributed by atoms with Crippen molar-refractivity contribution in [3.63, 3.8) is 0 Å². The molecular formula is C34H49N11O11. The third-order valence-corrected chi connectivity index (χ3v) is 8.12. The van der Waals surface area contributed by atoms with Gasteiger partial charge in [0.1, 0.15) is 30.2 Å². The highest BCUT2D eigenvalue weighted by molar-refractivity contribution is 5.96. The second-order valence-electron chi connectivity index (χ2n) is 12.7. The van der Waals surface area contributed by atoms with Gasteiger partial charge in [0.15, 0.2) is 5.96 Å². The maximum atomic E-state index is 14.0. The first-order chi connectivity index (χ1) is 26.5. The molecule has 5 amide bonds. The van der Waals surface area contributed by atoms with Crippen molar-refractivity contribution < 1.29 is 53.7 Å². The van der Waals surface area contributed by atoms with Crippen molar-refractivity contribution in [1.29, 1.82) is 0 Å². The summed E-state index contributed by atoms with van der Waals surface area (Å²) in [6, 6.07) is 0.205. The standard InChI is InChI=1S/C34H49N11O11/c1-18(33(55)56)41-29(51)23(10-12-27(48)49)43-32(54)25(15-20-16-38-17-40-20)45-30(52)22(8-5-13-39-34(36)37)42-31(53)24(14-19-6-3-2-4-7-19)44-28(50)21(35)9-11-26(46)47/h2-4,6-7,16-18,21-25H,5,8-15,35H2,1H3,(H,38,40)(H,41,51)(H,42,53)(H,43,54)(H,44,50)(H,45,52)(H,46,47)(H,48,49)(H,55,56)(H4,36,37,39)/t18-,21-,22-,23-,24-,25-/m0/s1. The van der Waals surface area contributed by atoms with Crippen LogP contribution in [-0.4, -0.2) is 121 Å². The molecule has 0 unspecified atom stereocenters. The van der Waals surface area contributed by atoms with Crippen LogP contribution in [0.15, 0.2) is 47.8 Å². The maximum Gasteiger partial charge on any atom is 0.325 e. The number of amides is 5. The molecule has 0 spiro atoms. The minimum atomic E-state index is -1.53. The normalized spacial score (nSPS) is 14.0. The summed E-state index contributed by atoms with van der Waals surface area (Å²) in [4.78, 5) is 112. The SMILES string of the molecule is C[C@H](NC(=O)[C@H](CCC(=O)O)NC(=O)[C@H](Cc1cnc[nH]1)NC(=O)[C@H](CCCN=C(N)N)NC(=O)[C@H](Cc1ccccc1)NC(=O)[C@@H](N)CCC(=O)O)C(=O)O. The number of aliphatic carboxylic acids is 3. The van der Waals surface area contributed by atoms with E-state index in [0.29, 0.717) is 11.3 Å². The zero-order valence-corrected chi connectivity index (χ0v) is 30.6. The zero-order valence-electron chi connectivity index (χ0n) is 30.6. The molecule has 0 aliphatic carbocycles. The number of carbonyl (C=O) groups excluding carboxylic acids is 5. The van der Waals surface area contributed by atoms with Crippen molar-refractivity contribution in [3.05, 3.63) is 54.1 Å². The summed E-state index contributed by atoms with van der Waals surface area (Å²) < 4.78 is 0. The zero-order chi connectivity index (χ0) is 41.8. The predicted molar refractivity (Wildman–Crippen MR) is 197 cm³/mol. The number of guanidine groups is 1. The van der Waals surface area contributed by atoms with E-state index in [9.17, 15) is 48.6 Å². The fourth-order valence-corrected chi connectivity index (χ4v) is 5.08.